The summed E-state index contributed by atoms with van der Waals surface area (Å²) in [6.07, 6.45) is 1.07. The summed E-state index contributed by atoms with van der Waals surface area (Å²) in [6, 6.07) is 1.88. The fraction of sp³-hybridized carbons (Fsp3) is 0.692. The first kappa shape index (κ1) is 13.9. The summed E-state index contributed by atoms with van der Waals surface area (Å²) in [4.78, 5) is 12.1. The zero-order valence-electron chi connectivity index (χ0n) is 11.3. The van der Waals surface area contributed by atoms with Crippen molar-refractivity contribution in [1.29, 1.82) is 0 Å². The van der Waals surface area contributed by atoms with Crippen LogP contribution in [0.25, 0.3) is 0 Å². The van der Waals surface area contributed by atoms with E-state index in [-0.39, 0.29) is 5.56 Å². The molecule has 1 heterocycles. The van der Waals surface area contributed by atoms with Gasteiger partial charge in [0.25, 0.3) is 5.56 Å². The van der Waals surface area contributed by atoms with E-state index in [1.807, 2.05) is 13.0 Å². The predicted octanol–water partition coefficient (Wildman–Crippen LogP) is 1.71. The van der Waals surface area contributed by atoms with E-state index in [1.54, 1.807) is 4.68 Å². The molecule has 0 radical (unpaired) electrons. The first-order chi connectivity index (χ1) is 8.04. The second-order valence-electron chi connectivity index (χ2n) is 4.87. The Balaban J connectivity index is 2.89. The van der Waals surface area contributed by atoms with E-state index in [2.05, 4.69) is 31.2 Å². The van der Waals surface area contributed by atoms with Crippen LogP contribution in [-0.2, 0) is 13.1 Å². The maximum absolute atomic E-state index is 12.1. The minimum Gasteiger partial charge on any atom is -0.312 e. The van der Waals surface area contributed by atoms with Crippen LogP contribution in [0.5, 0.6) is 0 Å². The minimum atomic E-state index is 0.0351. The van der Waals surface area contributed by atoms with E-state index in [4.69, 9.17) is 0 Å². The Hall–Kier alpha value is -1.16. The lowest BCUT2D eigenvalue weighted by Gasteiger charge is -2.11. The zero-order valence-corrected chi connectivity index (χ0v) is 11.3. The summed E-state index contributed by atoms with van der Waals surface area (Å²) in [7, 11) is 0. The molecule has 1 aromatic rings. The molecule has 1 N–H and O–H groups in total. The van der Waals surface area contributed by atoms with Crippen LogP contribution >= 0.6 is 0 Å². The molecule has 0 saturated heterocycles. The molecule has 4 heteroatoms. The largest absolute Gasteiger partial charge is 0.312 e. The summed E-state index contributed by atoms with van der Waals surface area (Å²) >= 11 is 0. The SMILES string of the molecule is CCCNCc1cc(C)nn(CC(C)C)c1=O. The molecular weight excluding hydrogens is 214 g/mol. The maximum Gasteiger partial charge on any atom is 0.271 e. The van der Waals surface area contributed by atoms with Crippen LogP contribution < -0.4 is 10.9 Å². The van der Waals surface area contributed by atoms with Crippen LogP contribution in [-0.4, -0.2) is 16.3 Å². The molecule has 0 amide bonds. The molecule has 17 heavy (non-hydrogen) atoms. The van der Waals surface area contributed by atoms with Crippen molar-refractivity contribution in [2.24, 2.45) is 5.92 Å². The lowest BCUT2D eigenvalue weighted by molar-refractivity contribution is 0.455. The Morgan fingerprint density at radius 3 is 2.76 bits per heavy atom. The molecule has 0 atom stereocenters. The maximum atomic E-state index is 12.1. The highest BCUT2D eigenvalue weighted by Crippen LogP contribution is 1.99. The third kappa shape index (κ3) is 4.30. The average Bonchev–Trinajstić information content (AvgIpc) is 2.24. The van der Waals surface area contributed by atoms with Crippen LogP contribution in [0.4, 0.5) is 0 Å². The highest BCUT2D eigenvalue weighted by atomic mass is 16.1. The number of aromatic nitrogens is 2. The zero-order chi connectivity index (χ0) is 12.8. The number of rotatable bonds is 6. The molecule has 0 aliphatic rings. The van der Waals surface area contributed by atoms with Crippen LogP contribution in [0.15, 0.2) is 10.9 Å². The van der Waals surface area contributed by atoms with E-state index in [0.717, 1.165) is 24.2 Å². The van der Waals surface area contributed by atoms with Gasteiger partial charge in [0.1, 0.15) is 0 Å². The van der Waals surface area contributed by atoms with Crippen molar-refractivity contribution in [3.63, 3.8) is 0 Å². The Morgan fingerprint density at radius 1 is 1.47 bits per heavy atom. The smallest absolute Gasteiger partial charge is 0.271 e. The number of nitrogens with one attached hydrogen (secondary N) is 1. The summed E-state index contributed by atoms with van der Waals surface area (Å²) in [5.74, 6) is 0.429. The van der Waals surface area contributed by atoms with Gasteiger partial charge in [0, 0.05) is 18.7 Å². The van der Waals surface area contributed by atoms with Crippen molar-refractivity contribution < 1.29 is 0 Å². The van der Waals surface area contributed by atoms with E-state index < -0.39 is 0 Å². The van der Waals surface area contributed by atoms with E-state index >= 15 is 0 Å². The summed E-state index contributed by atoms with van der Waals surface area (Å²) in [6.45, 7) is 10.5. The quantitative estimate of drug-likeness (QED) is 0.766. The fourth-order valence-electron chi connectivity index (χ4n) is 1.74. The molecule has 0 aromatic carbocycles. The van der Waals surface area contributed by atoms with Crippen molar-refractivity contribution in [3.05, 3.63) is 27.7 Å². The topological polar surface area (TPSA) is 46.9 Å². The van der Waals surface area contributed by atoms with Gasteiger partial charge in [0.05, 0.1) is 5.69 Å². The lowest BCUT2D eigenvalue weighted by Crippen LogP contribution is -2.31. The van der Waals surface area contributed by atoms with E-state index in [1.165, 1.54) is 0 Å². The Bertz CT molecular complexity index is 410. The van der Waals surface area contributed by atoms with Crippen molar-refractivity contribution in [1.82, 2.24) is 15.1 Å². The standard InChI is InChI=1S/C13H23N3O/c1-5-6-14-8-12-7-11(4)15-16(13(12)17)9-10(2)3/h7,10,14H,5-6,8-9H2,1-4H3. The first-order valence-electron chi connectivity index (χ1n) is 6.33. The van der Waals surface area contributed by atoms with Gasteiger partial charge in [-0.05, 0) is 31.9 Å². The second-order valence-corrected chi connectivity index (χ2v) is 4.87. The molecule has 0 spiro atoms. The predicted molar refractivity (Wildman–Crippen MR) is 70.1 cm³/mol. The molecule has 0 aliphatic carbocycles. The second kappa shape index (κ2) is 6.55. The van der Waals surface area contributed by atoms with Gasteiger partial charge in [0.15, 0.2) is 0 Å². The molecule has 4 nitrogen and oxygen atoms in total. The van der Waals surface area contributed by atoms with Gasteiger partial charge >= 0.3 is 0 Å². The molecule has 1 rings (SSSR count). The molecule has 1 aromatic heterocycles. The molecule has 0 saturated carbocycles. The number of nitrogens with zero attached hydrogens (tertiary/aromatic N) is 2. The lowest BCUT2D eigenvalue weighted by atomic mass is 10.2. The van der Waals surface area contributed by atoms with Gasteiger partial charge in [-0.15, -0.1) is 0 Å². The first-order valence-corrected chi connectivity index (χ1v) is 6.33. The summed E-state index contributed by atoms with van der Waals surface area (Å²) in [5.41, 5.74) is 1.75. The average molecular weight is 237 g/mol. The molecule has 96 valence electrons. The van der Waals surface area contributed by atoms with Gasteiger partial charge in [0.2, 0.25) is 0 Å². The molecule has 0 aliphatic heterocycles. The molecule has 0 bridgehead atoms. The monoisotopic (exact) mass is 237 g/mol. The van der Waals surface area contributed by atoms with Crippen molar-refractivity contribution in [2.75, 3.05) is 6.54 Å². The third-order valence-electron chi connectivity index (χ3n) is 2.45. The van der Waals surface area contributed by atoms with Crippen LogP contribution in [0.1, 0.15) is 38.4 Å². The Morgan fingerprint density at radius 2 is 2.18 bits per heavy atom. The molecule has 0 fully saturated rings. The van der Waals surface area contributed by atoms with Gasteiger partial charge in [-0.2, -0.15) is 5.10 Å². The van der Waals surface area contributed by atoms with Crippen molar-refractivity contribution in [2.45, 2.75) is 47.2 Å². The Kier molecular flexibility index (Phi) is 5.35. The van der Waals surface area contributed by atoms with Gasteiger partial charge in [-0.3, -0.25) is 4.79 Å². The number of hydrogen-bond donors (Lipinski definition) is 1. The van der Waals surface area contributed by atoms with Crippen LogP contribution in [0.2, 0.25) is 0 Å². The molecule has 0 unspecified atom stereocenters. The van der Waals surface area contributed by atoms with Gasteiger partial charge < -0.3 is 5.32 Å². The third-order valence-corrected chi connectivity index (χ3v) is 2.45. The van der Waals surface area contributed by atoms with E-state index in [9.17, 15) is 4.79 Å². The Labute approximate surface area is 103 Å². The van der Waals surface area contributed by atoms with Gasteiger partial charge in [-0.1, -0.05) is 20.8 Å². The summed E-state index contributed by atoms with van der Waals surface area (Å²) in [5, 5.41) is 7.54. The van der Waals surface area contributed by atoms with Crippen molar-refractivity contribution >= 4 is 0 Å². The van der Waals surface area contributed by atoms with E-state index in [0.29, 0.717) is 19.0 Å². The van der Waals surface area contributed by atoms with Crippen LogP contribution in [0.3, 0.4) is 0 Å². The van der Waals surface area contributed by atoms with Gasteiger partial charge in [-0.25, -0.2) is 4.68 Å². The minimum absolute atomic E-state index is 0.0351. The molecular formula is C13H23N3O. The fourth-order valence-corrected chi connectivity index (χ4v) is 1.74. The number of hydrogen-bond acceptors (Lipinski definition) is 3. The number of aryl methyl sites for hydroxylation is 1. The van der Waals surface area contributed by atoms with Crippen LogP contribution in [0, 0.1) is 12.8 Å². The highest BCUT2D eigenvalue weighted by molar-refractivity contribution is 5.12. The normalized spacial score (nSPS) is 11.1. The highest BCUT2D eigenvalue weighted by Gasteiger charge is 2.07. The van der Waals surface area contributed by atoms with Crippen molar-refractivity contribution in [3.8, 4) is 0 Å². The summed E-state index contributed by atoms with van der Waals surface area (Å²) < 4.78 is 1.59.